The Morgan fingerprint density at radius 3 is 2.50 bits per heavy atom. The SMILES string of the molecule is CNOS(=O)O. The second kappa shape index (κ2) is 3.23. The molecule has 0 radical (unpaired) electrons. The Bertz CT molecular complexity index is 54.8. The molecule has 0 saturated heterocycles. The molecule has 0 saturated carbocycles. The number of nitrogens with one attached hydrogen (secondary N) is 1. The lowest BCUT2D eigenvalue weighted by Crippen LogP contribution is -2.08. The van der Waals surface area contributed by atoms with Crippen LogP contribution < -0.4 is 5.48 Å². The number of hydrogen-bond donors (Lipinski definition) is 2. The van der Waals surface area contributed by atoms with Crippen LogP contribution in [0.1, 0.15) is 0 Å². The minimum atomic E-state index is -2.18. The first-order valence-electron chi connectivity index (χ1n) is 1.22. The molecule has 0 aromatic heterocycles. The molecule has 0 aliphatic carbocycles. The Morgan fingerprint density at radius 1 is 2.00 bits per heavy atom. The van der Waals surface area contributed by atoms with E-state index in [2.05, 4.69) is 4.28 Å². The highest BCUT2D eigenvalue weighted by atomic mass is 32.2. The summed E-state index contributed by atoms with van der Waals surface area (Å²) in [5, 5.41) is 0. The Labute approximate surface area is 37.9 Å². The topological polar surface area (TPSA) is 58.6 Å². The summed E-state index contributed by atoms with van der Waals surface area (Å²) in [4.78, 5) is 0. The monoisotopic (exact) mass is 111 g/mol. The van der Waals surface area contributed by atoms with Crippen molar-refractivity contribution in [2.45, 2.75) is 0 Å². The molecule has 38 valence electrons. The maximum atomic E-state index is 9.43. The van der Waals surface area contributed by atoms with E-state index in [4.69, 9.17) is 4.55 Å². The molecule has 2 N–H and O–H groups in total. The fourth-order valence-corrected chi connectivity index (χ4v) is 0.214. The smallest absolute Gasteiger partial charge is 0.283 e. The van der Waals surface area contributed by atoms with Crippen molar-refractivity contribution in [3.8, 4) is 0 Å². The molecule has 0 spiro atoms. The van der Waals surface area contributed by atoms with Crippen LogP contribution in [-0.4, -0.2) is 15.8 Å². The van der Waals surface area contributed by atoms with Crippen LogP contribution in [-0.2, 0) is 15.6 Å². The first kappa shape index (κ1) is 6.03. The van der Waals surface area contributed by atoms with Crippen LogP contribution in [0.5, 0.6) is 0 Å². The third-order valence-corrected chi connectivity index (χ3v) is 0.464. The summed E-state index contributed by atoms with van der Waals surface area (Å²) in [5.41, 5.74) is 2.02. The number of hydroxylamine groups is 1. The molecule has 0 fully saturated rings. The van der Waals surface area contributed by atoms with Gasteiger partial charge in [0.2, 0.25) is 0 Å². The quantitative estimate of drug-likeness (QED) is 0.364. The van der Waals surface area contributed by atoms with Gasteiger partial charge in [-0.05, 0) is 0 Å². The van der Waals surface area contributed by atoms with E-state index in [1.165, 1.54) is 7.05 Å². The average Bonchev–Trinajstić information content (AvgIpc) is 1.35. The van der Waals surface area contributed by atoms with Crippen molar-refractivity contribution < 1.29 is 13.0 Å². The summed E-state index contributed by atoms with van der Waals surface area (Å²) >= 11 is -2.18. The average molecular weight is 111 g/mol. The Kier molecular flexibility index (Phi) is 3.24. The maximum Gasteiger partial charge on any atom is 0.319 e. The molecule has 0 aliphatic heterocycles. The van der Waals surface area contributed by atoms with Gasteiger partial charge in [0.05, 0.1) is 0 Å². The van der Waals surface area contributed by atoms with Crippen molar-refractivity contribution in [2.75, 3.05) is 7.05 Å². The lowest BCUT2D eigenvalue weighted by atomic mass is 11.6. The fraction of sp³-hybridized carbons (Fsp3) is 1.00. The molecule has 4 nitrogen and oxygen atoms in total. The summed E-state index contributed by atoms with van der Waals surface area (Å²) in [7, 11) is 1.40. The summed E-state index contributed by atoms with van der Waals surface area (Å²) in [6.07, 6.45) is 0. The summed E-state index contributed by atoms with van der Waals surface area (Å²) in [6, 6.07) is 0. The van der Waals surface area contributed by atoms with Gasteiger partial charge in [0.25, 0.3) is 0 Å². The molecular weight excluding hydrogens is 106 g/mol. The fourth-order valence-electron chi connectivity index (χ4n) is 0.0713. The third-order valence-electron chi connectivity index (χ3n) is 0.155. The van der Waals surface area contributed by atoms with Crippen molar-refractivity contribution in [1.82, 2.24) is 5.48 Å². The minimum Gasteiger partial charge on any atom is -0.283 e. The molecule has 0 rings (SSSR count). The Hall–Kier alpha value is 0.0300. The van der Waals surface area contributed by atoms with E-state index in [-0.39, 0.29) is 0 Å². The van der Waals surface area contributed by atoms with Gasteiger partial charge in [-0.2, -0.15) is 14.0 Å². The lowest BCUT2D eigenvalue weighted by molar-refractivity contribution is 0.224. The van der Waals surface area contributed by atoms with Crippen LogP contribution in [0, 0.1) is 0 Å². The van der Waals surface area contributed by atoms with Crippen LogP contribution in [0.2, 0.25) is 0 Å². The highest BCUT2D eigenvalue weighted by molar-refractivity contribution is 7.74. The van der Waals surface area contributed by atoms with Gasteiger partial charge in [0.15, 0.2) is 0 Å². The molecule has 1 atom stereocenters. The van der Waals surface area contributed by atoms with Gasteiger partial charge in [-0.1, -0.05) is 0 Å². The van der Waals surface area contributed by atoms with Gasteiger partial charge < -0.3 is 0 Å². The molecular formula is CH5NO3S. The van der Waals surface area contributed by atoms with Gasteiger partial charge in [-0.25, -0.2) is 0 Å². The lowest BCUT2D eigenvalue weighted by Gasteiger charge is -1.86. The maximum absolute atomic E-state index is 9.43. The number of hydrogen-bond acceptors (Lipinski definition) is 3. The first-order valence-corrected chi connectivity index (χ1v) is 2.25. The second-order valence-electron chi connectivity index (χ2n) is 0.505. The zero-order chi connectivity index (χ0) is 4.99. The van der Waals surface area contributed by atoms with Crippen molar-refractivity contribution >= 4 is 11.4 Å². The highest BCUT2D eigenvalue weighted by Gasteiger charge is 1.82. The molecule has 1 unspecified atom stereocenters. The van der Waals surface area contributed by atoms with E-state index in [0.29, 0.717) is 0 Å². The standard InChI is InChI=1S/CH5NO3S/c1-2-5-6(3)4/h2H,1H3,(H,3,4). The normalized spacial score (nSPS) is 14.3. The molecule has 0 aromatic rings. The predicted molar refractivity (Wildman–Crippen MR) is 20.9 cm³/mol. The minimum absolute atomic E-state index is 1.40. The summed E-state index contributed by atoms with van der Waals surface area (Å²) < 4.78 is 21.0. The Balaban J connectivity index is 2.83. The van der Waals surface area contributed by atoms with E-state index in [1.807, 2.05) is 5.48 Å². The molecule has 0 bridgehead atoms. The van der Waals surface area contributed by atoms with E-state index in [0.717, 1.165) is 0 Å². The third kappa shape index (κ3) is 4.03. The summed E-state index contributed by atoms with van der Waals surface area (Å²) in [5.74, 6) is 0. The van der Waals surface area contributed by atoms with Crippen molar-refractivity contribution in [2.24, 2.45) is 0 Å². The van der Waals surface area contributed by atoms with Crippen LogP contribution in [0.15, 0.2) is 0 Å². The highest BCUT2D eigenvalue weighted by Crippen LogP contribution is 1.64. The van der Waals surface area contributed by atoms with Crippen LogP contribution in [0.25, 0.3) is 0 Å². The zero-order valence-electron chi connectivity index (χ0n) is 3.17. The molecule has 6 heavy (non-hydrogen) atoms. The molecule has 0 aliphatic rings. The van der Waals surface area contributed by atoms with Gasteiger partial charge in [0, 0.05) is 7.05 Å². The van der Waals surface area contributed by atoms with Gasteiger partial charge in [-0.15, -0.1) is 0 Å². The van der Waals surface area contributed by atoms with Crippen molar-refractivity contribution in [3.05, 3.63) is 0 Å². The summed E-state index contributed by atoms with van der Waals surface area (Å²) in [6.45, 7) is 0. The van der Waals surface area contributed by atoms with Crippen molar-refractivity contribution in [1.29, 1.82) is 0 Å². The van der Waals surface area contributed by atoms with E-state index >= 15 is 0 Å². The number of rotatable bonds is 2. The van der Waals surface area contributed by atoms with Crippen molar-refractivity contribution in [3.63, 3.8) is 0 Å². The molecule has 0 heterocycles. The van der Waals surface area contributed by atoms with Gasteiger partial charge in [0.1, 0.15) is 0 Å². The second-order valence-corrected chi connectivity index (χ2v) is 1.11. The van der Waals surface area contributed by atoms with Gasteiger partial charge >= 0.3 is 11.4 Å². The molecule has 0 aromatic carbocycles. The Morgan fingerprint density at radius 2 is 2.50 bits per heavy atom. The largest absolute Gasteiger partial charge is 0.319 e. The van der Waals surface area contributed by atoms with E-state index in [9.17, 15) is 4.21 Å². The van der Waals surface area contributed by atoms with E-state index in [1.54, 1.807) is 0 Å². The van der Waals surface area contributed by atoms with Crippen LogP contribution in [0.3, 0.4) is 0 Å². The van der Waals surface area contributed by atoms with Crippen LogP contribution in [0.4, 0.5) is 0 Å². The van der Waals surface area contributed by atoms with Crippen LogP contribution >= 0.6 is 0 Å². The molecule has 0 amide bonds. The van der Waals surface area contributed by atoms with Gasteiger partial charge in [-0.3, -0.25) is 4.55 Å². The zero-order valence-corrected chi connectivity index (χ0v) is 3.99. The predicted octanol–water partition coefficient (Wildman–Crippen LogP) is -0.726. The van der Waals surface area contributed by atoms with E-state index < -0.39 is 11.4 Å². The first-order chi connectivity index (χ1) is 2.77. The molecule has 5 heteroatoms.